The van der Waals surface area contributed by atoms with Gasteiger partial charge in [-0.1, -0.05) is 57.0 Å². The third-order valence-corrected chi connectivity index (χ3v) is 4.76. The van der Waals surface area contributed by atoms with Gasteiger partial charge in [-0.15, -0.1) is 0 Å². The van der Waals surface area contributed by atoms with Crippen LogP contribution in [0.1, 0.15) is 51.0 Å². The maximum atomic E-state index is 12.6. The van der Waals surface area contributed by atoms with Crippen molar-refractivity contribution in [1.29, 1.82) is 0 Å². The molecule has 0 aliphatic heterocycles. The summed E-state index contributed by atoms with van der Waals surface area (Å²) in [5, 5.41) is 3.28. The molecule has 0 radical (unpaired) electrons. The summed E-state index contributed by atoms with van der Waals surface area (Å²) in [7, 11) is 0. The molecule has 1 aliphatic carbocycles. The van der Waals surface area contributed by atoms with Gasteiger partial charge >= 0.3 is 0 Å². The lowest BCUT2D eigenvalue weighted by molar-refractivity contribution is -0.123. The summed E-state index contributed by atoms with van der Waals surface area (Å²) in [6.07, 6.45) is 4.82. The Morgan fingerprint density at radius 3 is 2.52 bits per heavy atom. The number of benzene rings is 1. The van der Waals surface area contributed by atoms with Gasteiger partial charge in [-0.25, -0.2) is 0 Å². The molecule has 1 fully saturated rings. The van der Waals surface area contributed by atoms with Crippen LogP contribution in [0, 0.1) is 11.8 Å². The van der Waals surface area contributed by atoms with Crippen LogP contribution in [0.15, 0.2) is 30.3 Å². The van der Waals surface area contributed by atoms with Crippen LogP contribution in [0.2, 0.25) is 0 Å². The number of hydrogen-bond donors (Lipinski definition) is 2. The van der Waals surface area contributed by atoms with E-state index in [1.807, 2.05) is 30.3 Å². The van der Waals surface area contributed by atoms with Gasteiger partial charge < -0.3 is 11.1 Å². The van der Waals surface area contributed by atoms with E-state index in [2.05, 4.69) is 19.2 Å². The maximum absolute atomic E-state index is 12.6. The molecule has 0 bridgehead atoms. The molecule has 3 unspecified atom stereocenters. The van der Waals surface area contributed by atoms with Gasteiger partial charge in [-0.2, -0.15) is 0 Å². The fourth-order valence-corrected chi connectivity index (χ4v) is 3.50. The third-order valence-electron chi connectivity index (χ3n) is 4.76. The van der Waals surface area contributed by atoms with Crippen LogP contribution in [-0.4, -0.2) is 18.5 Å². The van der Waals surface area contributed by atoms with Crippen molar-refractivity contribution in [3.63, 3.8) is 0 Å². The van der Waals surface area contributed by atoms with Crippen LogP contribution in [0.3, 0.4) is 0 Å². The smallest absolute Gasteiger partial charge is 0.229 e. The van der Waals surface area contributed by atoms with E-state index in [1.165, 1.54) is 19.3 Å². The maximum Gasteiger partial charge on any atom is 0.229 e. The molecule has 1 aliphatic rings. The van der Waals surface area contributed by atoms with E-state index in [9.17, 15) is 4.79 Å². The van der Waals surface area contributed by atoms with E-state index in [-0.39, 0.29) is 11.8 Å². The van der Waals surface area contributed by atoms with E-state index in [4.69, 9.17) is 5.73 Å². The predicted molar refractivity (Wildman–Crippen MR) is 87.0 cm³/mol. The van der Waals surface area contributed by atoms with Crippen LogP contribution in [0.4, 0.5) is 0 Å². The van der Waals surface area contributed by atoms with Crippen molar-refractivity contribution in [2.45, 2.75) is 51.5 Å². The molecule has 21 heavy (non-hydrogen) atoms. The second kappa shape index (κ2) is 7.60. The number of hydrogen-bond acceptors (Lipinski definition) is 2. The van der Waals surface area contributed by atoms with Crippen LogP contribution in [0.25, 0.3) is 0 Å². The van der Waals surface area contributed by atoms with Crippen molar-refractivity contribution in [3.05, 3.63) is 35.9 Å². The molecule has 116 valence electrons. The van der Waals surface area contributed by atoms with Gasteiger partial charge in [0, 0.05) is 12.6 Å². The lowest BCUT2D eigenvalue weighted by Gasteiger charge is -2.35. The minimum absolute atomic E-state index is 0.0845. The first-order valence-electron chi connectivity index (χ1n) is 8.19. The third kappa shape index (κ3) is 4.07. The molecule has 3 atom stereocenters. The molecule has 1 saturated carbocycles. The Balaban J connectivity index is 2.04. The van der Waals surface area contributed by atoms with Crippen molar-refractivity contribution in [1.82, 2.24) is 5.32 Å². The van der Waals surface area contributed by atoms with Crippen LogP contribution >= 0.6 is 0 Å². The first-order chi connectivity index (χ1) is 10.1. The topological polar surface area (TPSA) is 55.1 Å². The molecule has 0 aromatic heterocycles. The summed E-state index contributed by atoms with van der Waals surface area (Å²) in [6.45, 7) is 4.87. The zero-order chi connectivity index (χ0) is 15.2. The highest BCUT2D eigenvalue weighted by Gasteiger charge is 2.30. The van der Waals surface area contributed by atoms with E-state index in [1.54, 1.807) is 0 Å². The Bertz CT molecular complexity index is 444. The molecular weight excluding hydrogens is 260 g/mol. The fraction of sp³-hybridized carbons (Fsp3) is 0.611. The molecule has 2 rings (SSSR count). The first kappa shape index (κ1) is 16.0. The molecule has 1 amide bonds. The summed E-state index contributed by atoms with van der Waals surface area (Å²) in [5.74, 6) is 1.06. The van der Waals surface area contributed by atoms with Crippen molar-refractivity contribution < 1.29 is 4.79 Å². The predicted octanol–water partition coefficient (Wildman–Crippen LogP) is 3.06. The van der Waals surface area contributed by atoms with E-state index >= 15 is 0 Å². The summed E-state index contributed by atoms with van der Waals surface area (Å²) < 4.78 is 0. The van der Waals surface area contributed by atoms with Gasteiger partial charge in [0.1, 0.15) is 0 Å². The lowest BCUT2D eigenvalue weighted by Crippen LogP contribution is -2.46. The van der Waals surface area contributed by atoms with Crippen molar-refractivity contribution in [2.24, 2.45) is 17.6 Å². The molecule has 0 spiro atoms. The minimum Gasteiger partial charge on any atom is -0.353 e. The number of nitrogens with two attached hydrogens (primary N) is 1. The standard InChI is InChI=1S/C18H28N2O/c1-13(2)15-10-6-7-11-17(15)20-18(21)16(12-19)14-8-4-3-5-9-14/h3-5,8-9,13,15-17H,6-7,10-12,19H2,1-2H3,(H,20,21). The largest absolute Gasteiger partial charge is 0.353 e. The van der Waals surface area contributed by atoms with Crippen LogP contribution in [0.5, 0.6) is 0 Å². The molecule has 3 nitrogen and oxygen atoms in total. The Morgan fingerprint density at radius 2 is 1.90 bits per heavy atom. The Morgan fingerprint density at radius 1 is 1.24 bits per heavy atom. The SMILES string of the molecule is CC(C)C1CCCCC1NC(=O)C(CN)c1ccccc1. The molecule has 0 heterocycles. The number of carbonyl (C=O) groups is 1. The van der Waals surface area contributed by atoms with E-state index in [0.29, 0.717) is 24.4 Å². The number of rotatable bonds is 5. The molecule has 1 aromatic carbocycles. The lowest BCUT2D eigenvalue weighted by atomic mass is 9.77. The summed E-state index contributed by atoms with van der Waals surface area (Å²) in [4.78, 5) is 12.6. The Kier molecular flexibility index (Phi) is 5.80. The highest BCUT2D eigenvalue weighted by Crippen LogP contribution is 2.30. The Hall–Kier alpha value is -1.35. The molecule has 0 saturated heterocycles. The van der Waals surface area contributed by atoms with Gasteiger partial charge in [0.15, 0.2) is 0 Å². The van der Waals surface area contributed by atoms with E-state index in [0.717, 1.165) is 12.0 Å². The molecule has 3 heteroatoms. The highest BCUT2D eigenvalue weighted by molar-refractivity contribution is 5.84. The van der Waals surface area contributed by atoms with E-state index < -0.39 is 0 Å². The Labute approximate surface area is 128 Å². The number of nitrogens with one attached hydrogen (secondary N) is 1. The highest BCUT2D eigenvalue weighted by atomic mass is 16.2. The van der Waals surface area contributed by atoms with Crippen LogP contribution in [-0.2, 0) is 4.79 Å². The number of carbonyl (C=O) groups excluding carboxylic acids is 1. The second-order valence-corrected chi connectivity index (χ2v) is 6.51. The van der Waals surface area contributed by atoms with Crippen molar-refractivity contribution in [2.75, 3.05) is 6.54 Å². The average molecular weight is 288 g/mol. The van der Waals surface area contributed by atoms with Gasteiger partial charge in [-0.3, -0.25) is 4.79 Å². The fourth-order valence-electron chi connectivity index (χ4n) is 3.50. The minimum atomic E-state index is -0.235. The van der Waals surface area contributed by atoms with Gasteiger partial charge in [0.25, 0.3) is 0 Å². The molecular formula is C18H28N2O. The first-order valence-corrected chi connectivity index (χ1v) is 8.19. The zero-order valence-electron chi connectivity index (χ0n) is 13.2. The summed E-state index contributed by atoms with van der Waals surface area (Å²) in [5.41, 5.74) is 6.85. The second-order valence-electron chi connectivity index (χ2n) is 6.51. The van der Waals surface area contributed by atoms with Crippen molar-refractivity contribution in [3.8, 4) is 0 Å². The molecule has 1 aromatic rings. The van der Waals surface area contributed by atoms with Crippen molar-refractivity contribution >= 4 is 5.91 Å². The van der Waals surface area contributed by atoms with Gasteiger partial charge in [-0.05, 0) is 30.2 Å². The molecule has 3 N–H and O–H groups in total. The monoisotopic (exact) mass is 288 g/mol. The summed E-state index contributed by atoms with van der Waals surface area (Å²) in [6, 6.07) is 10.2. The zero-order valence-corrected chi connectivity index (χ0v) is 13.2. The van der Waals surface area contributed by atoms with Gasteiger partial charge in [0.05, 0.1) is 5.92 Å². The van der Waals surface area contributed by atoms with Gasteiger partial charge in [0.2, 0.25) is 5.91 Å². The number of amides is 1. The van der Waals surface area contributed by atoms with Crippen LogP contribution < -0.4 is 11.1 Å². The quantitative estimate of drug-likeness (QED) is 0.875. The normalized spacial score (nSPS) is 23.8. The average Bonchev–Trinajstić information content (AvgIpc) is 2.49. The summed E-state index contributed by atoms with van der Waals surface area (Å²) >= 11 is 0.